The van der Waals surface area contributed by atoms with Crippen LogP contribution in [0.1, 0.15) is 54.3 Å². The van der Waals surface area contributed by atoms with Gasteiger partial charge in [0.2, 0.25) is 0 Å². The van der Waals surface area contributed by atoms with E-state index in [1.807, 2.05) is 17.5 Å². The third-order valence-electron chi connectivity index (χ3n) is 4.64. The molecule has 1 aliphatic rings. The smallest absolute Gasteiger partial charge is 0.0522 e. The van der Waals surface area contributed by atoms with E-state index in [-0.39, 0.29) is 0 Å². The molecule has 0 bridgehead atoms. The van der Waals surface area contributed by atoms with Crippen molar-refractivity contribution in [3.8, 4) is 0 Å². The molecule has 3 nitrogen and oxygen atoms in total. The molecule has 2 heterocycles. The van der Waals surface area contributed by atoms with E-state index in [1.165, 1.54) is 48.2 Å². The molecule has 0 aliphatic heterocycles. The van der Waals surface area contributed by atoms with Crippen molar-refractivity contribution in [3.05, 3.63) is 39.8 Å². The molecule has 1 aliphatic carbocycles. The number of aromatic nitrogens is 2. The van der Waals surface area contributed by atoms with Gasteiger partial charge in [-0.05, 0) is 62.1 Å². The molecule has 0 saturated heterocycles. The summed E-state index contributed by atoms with van der Waals surface area (Å²) >= 11 is 1.90. The summed E-state index contributed by atoms with van der Waals surface area (Å²) in [5.74, 6) is 0.833. The van der Waals surface area contributed by atoms with Crippen molar-refractivity contribution in [1.29, 1.82) is 0 Å². The van der Waals surface area contributed by atoms with E-state index in [0.717, 1.165) is 18.9 Å². The summed E-state index contributed by atoms with van der Waals surface area (Å²) in [5, 5.41) is 13.1. The fourth-order valence-corrected chi connectivity index (χ4v) is 4.32. The van der Waals surface area contributed by atoms with Crippen LogP contribution in [0.3, 0.4) is 0 Å². The van der Waals surface area contributed by atoms with Crippen molar-refractivity contribution in [2.45, 2.75) is 51.5 Å². The van der Waals surface area contributed by atoms with Crippen molar-refractivity contribution in [1.82, 2.24) is 15.5 Å². The zero-order chi connectivity index (χ0) is 14.5. The molecular weight excluding hydrogens is 278 g/mol. The van der Waals surface area contributed by atoms with Crippen LogP contribution >= 0.6 is 11.3 Å². The normalized spacial score (nSPS) is 17.4. The van der Waals surface area contributed by atoms with Gasteiger partial charge < -0.3 is 5.32 Å². The largest absolute Gasteiger partial charge is 0.309 e. The molecule has 3 rings (SSSR count). The van der Waals surface area contributed by atoms with Gasteiger partial charge in [-0.2, -0.15) is 5.10 Å². The van der Waals surface area contributed by atoms with Gasteiger partial charge in [-0.25, -0.2) is 0 Å². The first-order valence-corrected chi connectivity index (χ1v) is 8.98. The summed E-state index contributed by atoms with van der Waals surface area (Å²) < 4.78 is 0. The summed E-state index contributed by atoms with van der Waals surface area (Å²) in [6.45, 7) is 3.19. The SMILES string of the molecule is Cc1[nH]ncc1CCCNC(c1cccs1)C1CCCC1. The molecule has 21 heavy (non-hydrogen) atoms. The van der Waals surface area contributed by atoms with Crippen LogP contribution in [0.4, 0.5) is 0 Å². The van der Waals surface area contributed by atoms with Gasteiger partial charge in [-0.1, -0.05) is 18.9 Å². The van der Waals surface area contributed by atoms with Gasteiger partial charge in [-0.15, -0.1) is 11.3 Å². The number of nitrogens with one attached hydrogen (secondary N) is 2. The zero-order valence-electron chi connectivity index (χ0n) is 12.8. The highest BCUT2D eigenvalue weighted by Gasteiger charge is 2.26. The van der Waals surface area contributed by atoms with Crippen LogP contribution in [0, 0.1) is 12.8 Å². The lowest BCUT2D eigenvalue weighted by atomic mass is 9.96. The molecule has 0 amide bonds. The molecule has 2 aromatic rings. The third-order valence-corrected chi connectivity index (χ3v) is 5.60. The van der Waals surface area contributed by atoms with Crippen molar-refractivity contribution in [2.24, 2.45) is 5.92 Å². The summed E-state index contributed by atoms with van der Waals surface area (Å²) in [4.78, 5) is 1.52. The maximum absolute atomic E-state index is 4.10. The molecular formula is C17H25N3S. The standard InChI is InChI=1S/C17H25N3S/c1-13-15(12-19-20-13)8-4-10-18-17(14-6-2-3-7-14)16-9-5-11-21-16/h5,9,11-12,14,17-18H,2-4,6-8,10H2,1H3,(H,19,20). The summed E-state index contributed by atoms with van der Waals surface area (Å²) in [5.41, 5.74) is 2.56. The second-order valence-electron chi connectivity index (χ2n) is 6.12. The van der Waals surface area contributed by atoms with E-state index < -0.39 is 0 Å². The lowest BCUT2D eigenvalue weighted by molar-refractivity contribution is 0.371. The Balaban J connectivity index is 1.51. The monoisotopic (exact) mass is 303 g/mol. The second kappa shape index (κ2) is 7.23. The van der Waals surface area contributed by atoms with Crippen LogP contribution in [0.5, 0.6) is 0 Å². The fourth-order valence-electron chi connectivity index (χ4n) is 3.42. The van der Waals surface area contributed by atoms with Gasteiger partial charge in [0.05, 0.1) is 6.20 Å². The molecule has 1 unspecified atom stereocenters. The Kier molecular flexibility index (Phi) is 5.09. The van der Waals surface area contributed by atoms with Crippen molar-refractivity contribution in [3.63, 3.8) is 0 Å². The van der Waals surface area contributed by atoms with Crippen LogP contribution in [-0.2, 0) is 6.42 Å². The van der Waals surface area contributed by atoms with Crippen LogP contribution < -0.4 is 5.32 Å². The van der Waals surface area contributed by atoms with E-state index in [9.17, 15) is 0 Å². The number of aromatic amines is 1. The van der Waals surface area contributed by atoms with Gasteiger partial charge in [0.25, 0.3) is 0 Å². The number of hydrogen-bond acceptors (Lipinski definition) is 3. The van der Waals surface area contributed by atoms with E-state index in [2.05, 4.69) is 40.0 Å². The van der Waals surface area contributed by atoms with E-state index in [1.54, 1.807) is 0 Å². The number of H-pyrrole nitrogens is 1. The molecule has 2 N–H and O–H groups in total. The third kappa shape index (κ3) is 3.74. The average Bonchev–Trinajstić information content (AvgIpc) is 3.21. The Morgan fingerprint density at radius 2 is 2.29 bits per heavy atom. The Morgan fingerprint density at radius 3 is 2.95 bits per heavy atom. The lowest BCUT2D eigenvalue weighted by Gasteiger charge is -2.24. The molecule has 114 valence electrons. The number of aryl methyl sites for hydroxylation is 2. The first kappa shape index (κ1) is 14.8. The van der Waals surface area contributed by atoms with E-state index in [4.69, 9.17) is 0 Å². The minimum absolute atomic E-state index is 0.568. The fraction of sp³-hybridized carbons (Fsp3) is 0.588. The molecule has 4 heteroatoms. The summed E-state index contributed by atoms with van der Waals surface area (Å²) in [6, 6.07) is 5.04. The van der Waals surface area contributed by atoms with E-state index >= 15 is 0 Å². The molecule has 1 fully saturated rings. The topological polar surface area (TPSA) is 40.7 Å². The molecule has 1 atom stereocenters. The van der Waals surface area contributed by atoms with Crippen LogP contribution in [0.2, 0.25) is 0 Å². The second-order valence-corrected chi connectivity index (χ2v) is 7.09. The lowest BCUT2D eigenvalue weighted by Crippen LogP contribution is -2.27. The number of hydrogen-bond donors (Lipinski definition) is 2. The number of thiophene rings is 1. The number of nitrogens with zero attached hydrogens (tertiary/aromatic N) is 1. The van der Waals surface area contributed by atoms with Crippen LogP contribution in [0.15, 0.2) is 23.7 Å². The Hall–Kier alpha value is -1.13. The Bertz CT molecular complexity index is 526. The minimum atomic E-state index is 0.568. The first-order valence-electron chi connectivity index (χ1n) is 8.10. The van der Waals surface area contributed by atoms with Gasteiger partial charge in [0, 0.05) is 16.6 Å². The van der Waals surface area contributed by atoms with Crippen molar-refractivity contribution in [2.75, 3.05) is 6.54 Å². The summed E-state index contributed by atoms with van der Waals surface area (Å²) in [6.07, 6.45) is 9.83. The highest BCUT2D eigenvalue weighted by molar-refractivity contribution is 7.10. The molecule has 0 radical (unpaired) electrons. The van der Waals surface area contributed by atoms with Gasteiger partial charge in [0.15, 0.2) is 0 Å². The van der Waals surface area contributed by atoms with Crippen LogP contribution in [0.25, 0.3) is 0 Å². The predicted octanol–water partition coefficient (Wildman–Crippen LogP) is 4.23. The molecule has 0 aromatic carbocycles. The van der Waals surface area contributed by atoms with Crippen molar-refractivity contribution >= 4 is 11.3 Å². The molecule has 2 aromatic heterocycles. The zero-order valence-corrected chi connectivity index (χ0v) is 13.6. The first-order chi connectivity index (χ1) is 10.3. The Labute approximate surface area is 131 Å². The summed E-state index contributed by atoms with van der Waals surface area (Å²) in [7, 11) is 0. The van der Waals surface area contributed by atoms with Gasteiger partial charge in [0.1, 0.15) is 0 Å². The van der Waals surface area contributed by atoms with Crippen molar-refractivity contribution < 1.29 is 0 Å². The maximum Gasteiger partial charge on any atom is 0.0522 e. The van der Waals surface area contributed by atoms with Crippen LogP contribution in [-0.4, -0.2) is 16.7 Å². The minimum Gasteiger partial charge on any atom is -0.309 e. The Morgan fingerprint density at radius 1 is 1.43 bits per heavy atom. The molecule has 0 spiro atoms. The quantitative estimate of drug-likeness (QED) is 0.751. The average molecular weight is 303 g/mol. The van der Waals surface area contributed by atoms with E-state index in [0.29, 0.717) is 6.04 Å². The number of rotatable bonds is 7. The molecule has 1 saturated carbocycles. The predicted molar refractivity (Wildman–Crippen MR) is 88.7 cm³/mol. The van der Waals surface area contributed by atoms with Gasteiger partial charge >= 0.3 is 0 Å². The highest BCUT2D eigenvalue weighted by atomic mass is 32.1. The highest BCUT2D eigenvalue weighted by Crippen LogP contribution is 2.37. The van der Waals surface area contributed by atoms with Gasteiger partial charge in [-0.3, -0.25) is 5.10 Å². The maximum atomic E-state index is 4.10.